The summed E-state index contributed by atoms with van der Waals surface area (Å²) in [6.45, 7) is 3.50. The number of nitrogens with two attached hydrogens (primary N) is 1. The fourth-order valence-corrected chi connectivity index (χ4v) is 5.72. The highest BCUT2D eigenvalue weighted by Crippen LogP contribution is 2.43. The van der Waals surface area contributed by atoms with Crippen LogP contribution in [0.25, 0.3) is 0 Å². The highest BCUT2D eigenvalue weighted by Gasteiger charge is 2.25. The van der Waals surface area contributed by atoms with Gasteiger partial charge in [-0.3, -0.25) is 18.6 Å². The second-order valence-corrected chi connectivity index (χ2v) is 14.2. The van der Waals surface area contributed by atoms with Crippen molar-refractivity contribution < 1.29 is 37.6 Å². The average Bonchev–Trinajstić information content (AvgIpc) is 3.13. The number of carbonyl (C=O) groups excluding carboxylic acids is 2. The standard InChI is InChI=1S/C42H72NO8P/c1-3-5-7-9-11-13-15-17-18-19-20-21-22-23-25-26-28-30-32-34-41(44)48-38-40(39-50-52(46,47)49-37-36-43)51-42(45)35-33-31-29-27-24-16-14-12-10-8-6-4-2/h5,7,11,13,17-18,20-21,23,25,28,30,40H,3-4,6,8-10,12,14-16,19,22,24,26-27,29,31-39,43H2,1-2H3,(H,46,47). The van der Waals surface area contributed by atoms with Crippen LogP contribution in [-0.2, 0) is 32.7 Å². The zero-order chi connectivity index (χ0) is 38.2. The van der Waals surface area contributed by atoms with Gasteiger partial charge in [-0.05, 0) is 51.4 Å². The number of carbonyl (C=O) groups is 2. The number of allylic oxidation sites excluding steroid dienone is 12. The van der Waals surface area contributed by atoms with Crippen LogP contribution in [0.4, 0.5) is 0 Å². The Bertz CT molecular complexity index is 1080. The van der Waals surface area contributed by atoms with Crippen molar-refractivity contribution in [2.24, 2.45) is 5.73 Å². The molecule has 0 aromatic rings. The Morgan fingerprint density at radius 3 is 1.54 bits per heavy atom. The Kier molecular flexibility index (Phi) is 36.3. The molecule has 0 radical (unpaired) electrons. The van der Waals surface area contributed by atoms with Gasteiger partial charge in [0, 0.05) is 19.4 Å². The van der Waals surface area contributed by atoms with Crippen LogP contribution in [0.2, 0.25) is 0 Å². The van der Waals surface area contributed by atoms with Gasteiger partial charge >= 0.3 is 19.8 Å². The number of phosphoric ester groups is 1. The third-order valence-electron chi connectivity index (χ3n) is 7.87. The van der Waals surface area contributed by atoms with Gasteiger partial charge in [0.2, 0.25) is 0 Å². The van der Waals surface area contributed by atoms with Crippen LogP contribution in [0, 0.1) is 0 Å². The van der Waals surface area contributed by atoms with E-state index in [4.69, 9.17) is 24.3 Å². The second-order valence-electron chi connectivity index (χ2n) is 12.8. The SMILES string of the molecule is CCC=CCC=CCC=CCC=CCC=CCC=CCCC(=O)OCC(COP(=O)(O)OCCN)OC(=O)CCCCCCCCCCCCCC. The lowest BCUT2D eigenvalue weighted by Gasteiger charge is -2.19. The molecule has 0 aliphatic carbocycles. The second kappa shape index (κ2) is 38.2. The van der Waals surface area contributed by atoms with Crippen LogP contribution in [0.5, 0.6) is 0 Å². The molecule has 2 atom stereocenters. The molecule has 0 aliphatic heterocycles. The highest BCUT2D eigenvalue weighted by molar-refractivity contribution is 7.47. The molecule has 0 aromatic heterocycles. The molecule has 9 nitrogen and oxygen atoms in total. The summed E-state index contributed by atoms with van der Waals surface area (Å²) in [5, 5.41) is 0. The van der Waals surface area contributed by atoms with E-state index in [2.05, 4.69) is 74.6 Å². The Labute approximate surface area is 316 Å². The Morgan fingerprint density at radius 2 is 1.06 bits per heavy atom. The van der Waals surface area contributed by atoms with Crippen molar-refractivity contribution in [2.45, 2.75) is 155 Å². The van der Waals surface area contributed by atoms with E-state index in [-0.39, 0.29) is 32.6 Å². The molecule has 52 heavy (non-hydrogen) atoms. The zero-order valence-electron chi connectivity index (χ0n) is 32.5. The van der Waals surface area contributed by atoms with Gasteiger partial charge in [-0.1, -0.05) is 157 Å². The largest absolute Gasteiger partial charge is 0.472 e. The van der Waals surface area contributed by atoms with Crippen molar-refractivity contribution in [3.63, 3.8) is 0 Å². The van der Waals surface area contributed by atoms with E-state index >= 15 is 0 Å². The lowest BCUT2D eigenvalue weighted by Crippen LogP contribution is -2.29. The lowest BCUT2D eigenvalue weighted by atomic mass is 10.0. The van der Waals surface area contributed by atoms with Gasteiger partial charge in [0.25, 0.3) is 0 Å². The monoisotopic (exact) mass is 749 g/mol. The van der Waals surface area contributed by atoms with Crippen molar-refractivity contribution in [2.75, 3.05) is 26.4 Å². The molecule has 0 fully saturated rings. The smallest absolute Gasteiger partial charge is 0.462 e. The molecule has 0 aliphatic rings. The van der Waals surface area contributed by atoms with Crippen molar-refractivity contribution in [1.29, 1.82) is 0 Å². The van der Waals surface area contributed by atoms with Crippen molar-refractivity contribution in [1.82, 2.24) is 0 Å². The molecule has 10 heteroatoms. The minimum absolute atomic E-state index is 0.0414. The maximum Gasteiger partial charge on any atom is 0.472 e. The van der Waals surface area contributed by atoms with E-state index < -0.39 is 32.5 Å². The molecule has 0 rings (SSSR count). The summed E-state index contributed by atoms with van der Waals surface area (Å²) >= 11 is 0. The number of rotatable bonds is 36. The van der Waals surface area contributed by atoms with E-state index in [9.17, 15) is 19.0 Å². The number of esters is 2. The Hall–Kier alpha value is -2.55. The molecule has 0 amide bonds. The van der Waals surface area contributed by atoms with Gasteiger partial charge in [0.1, 0.15) is 6.61 Å². The first-order valence-corrected chi connectivity index (χ1v) is 21.4. The summed E-state index contributed by atoms with van der Waals surface area (Å²) in [4.78, 5) is 34.7. The summed E-state index contributed by atoms with van der Waals surface area (Å²) < 4.78 is 32.6. The molecule has 0 spiro atoms. The zero-order valence-corrected chi connectivity index (χ0v) is 33.4. The molecule has 3 N–H and O–H groups in total. The van der Waals surface area contributed by atoms with E-state index in [0.29, 0.717) is 12.8 Å². The van der Waals surface area contributed by atoms with Gasteiger partial charge in [0.05, 0.1) is 13.2 Å². The minimum Gasteiger partial charge on any atom is -0.462 e. The van der Waals surface area contributed by atoms with Crippen molar-refractivity contribution in [3.8, 4) is 0 Å². The van der Waals surface area contributed by atoms with Gasteiger partial charge in [-0.25, -0.2) is 4.57 Å². The van der Waals surface area contributed by atoms with E-state index in [0.717, 1.165) is 57.8 Å². The molecule has 0 heterocycles. The van der Waals surface area contributed by atoms with Crippen LogP contribution in [0.1, 0.15) is 149 Å². The number of ether oxygens (including phenoxy) is 2. The van der Waals surface area contributed by atoms with Gasteiger partial charge in [-0.2, -0.15) is 0 Å². The maximum absolute atomic E-state index is 12.5. The quantitative estimate of drug-likeness (QED) is 0.0278. The average molecular weight is 750 g/mol. The van der Waals surface area contributed by atoms with Gasteiger partial charge in [-0.15, -0.1) is 0 Å². The summed E-state index contributed by atoms with van der Waals surface area (Å²) in [6.07, 6.45) is 45.2. The highest BCUT2D eigenvalue weighted by atomic mass is 31.2. The number of phosphoric acid groups is 1. The van der Waals surface area contributed by atoms with Crippen LogP contribution < -0.4 is 5.73 Å². The molecule has 298 valence electrons. The van der Waals surface area contributed by atoms with Crippen molar-refractivity contribution >= 4 is 19.8 Å². The summed E-state index contributed by atoms with van der Waals surface area (Å²) in [6, 6.07) is 0. The first-order chi connectivity index (χ1) is 25.3. The summed E-state index contributed by atoms with van der Waals surface area (Å²) in [5.41, 5.74) is 5.33. The van der Waals surface area contributed by atoms with E-state index in [1.165, 1.54) is 51.4 Å². The molecule has 0 saturated carbocycles. The molecule has 0 aromatic carbocycles. The third kappa shape index (κ3) is 37.2. The maximum atomic E-state index is 12.5. The first kappa shape index (κ1) is 49.5. The predicted octanol–water partition coefficient (Wildman–Crippen LogP) is 11.1. The molecular weight excluding hydrogens is 677 g/mol. The van der Waals surface area contributed by atoms with E-state index in [1.54, 1.807) is 0 Å². The lowest BCUT2D eigenvalue weighted by molar-refractivity contribution is -0.161. The Balaban J connectivity index is 4.33. The predicted molar refractivity (Wildman–Crippen MR) is 215 cm³/mol. The van der Waals surface area contributed by atoms with Crippen LogP contribution >= 0.6 is 7.82 Å². The number of hydrogen-bond acceptors (Lipinski definition) is 8. The summed E-state index contributed by atoms with van der Waals surface area (Å²) in [7, 11) is -4.39. The summed E-state index contributed by atoms with van der Waals surface area (Å²) in [5.74, 6) is -0.932. The molecule has 0 bridgehead atoms. The van der Waals surface area contributed by atoms with Crippen molar-refractivity contribution in [3.05, 3.63) is 72.9 Å². The fourth-order valence-electron chi connectivity index (χ4n) is 4.95. The molecular formula is C42H72NO8P. The van der Waals surface area contributed by atoms with Crippen LogP contribution in [0.3, 0.4) is 0 Å². The van der Waals surface area contributed by atoms with E-state index in [1.807, 2.05) is 12.2 Å². The minimum atomic E-state index is -4.39. The van der Waals surface area contributed by atoms with Gasteiger partial charge < -0.3 is 20.1 Å². The van der Waals surface area contributed by atoms with Crippen LogP contribution in [0.15, 0.2) is 72.9 Å². The van der Waals surface area contributed by atoms with Gasteiger partial charge in [0.15, 0.2) is 6.10 Å². The third-order valence-corrected chi connectivity index (χ3v) is 8.85. The molecule has 0 saturated heterocycles. The molecule has 2 unspecified atom stereocenters. The normalized spacial score (nSPS) is 14.2. The number of hydrogen-bond donors (Lipinski definition) is 2. The topological polar surface area (TPSA) is 134 Å². The van der Waals surface area contributed by atoms with Crippen LogP contribution in [-0.4, -0.2) is 49.3 Å². The number of unbranched alkanes of at least 4 members (excludes halogenated alkanes) is 11. The first-order valence-electron chi connectivity index (χ1n) is 19.9. The Morgan fingerprint density at radius 1 is 0.596 bits per heavy atom. The fraction of sp³-hybridized carbons (Fsp3) is 0.667.